The molecule has 2 rings (SSSR count). The van der Waals surface area contributed by atoms with Crippen molar-refractivity contribution in [2.45, 2.75) is 13.5 Å². The predicted octanol–water partition coefficient (Wildman–Crippen LogP) is 3.27. The van der Waals surface area contributed by atoms with Gasteiger partial charge < -0.3 is 15.2 Å². The normalized spacial score (nSPS) is 10.2. The molecule has 2 aromatic rings. The van der Waals surface area contributed by atoms with Crippen LogP contribution in [0, 0.1) is 6.92 Å². The van der Waals surface area contributed by atoms with Crippen molar-refractivity contribution in [2.24, 2.45) is 0 Å². The molecule has 110 valence electrons. The van der Waals surface area contributed by atoms with Crippen LogP contribution in [0.25, 0.3) is 0 Å². The van der Waals surface area contributed by atoms with Crippen LogP contribution in [-0.4, -0.2) is 17.6 Å². The second-order valence-corrected chi connectivity index (χ2v) is 5.48. The Kier molecular flexibility index (Phi) is 5.36. The Labute approximate surface area is 131 Å². The van der Waals surface area contributed by atoms with Crippen molar-refractivity contribution in [3.63, 3.8) is 0 Å². The third-order valence-electron chi connectivity index (χ3n) is 2.87. The lowest BCUT2D eigenvalue weighted by Gasteiger charge is -2.10. The fourth-order valence-corrected chi connectivity index (χ4v) is 2.28. The van der Waals surface area contributed by atoms with Gasteiger partial charge in [-0.2, -0.15) is 0 Å². The molecule has 0 radical (unpaired) electrons. The standard InChI is InChI=1S/C16H16BrNO3/c1-11-2-5-13(6-3-11)18-16(20)10-21-15-7-4-12(9-19)8-14(15)17/h2-8,19H,9-10H2,1H3,(H,18,20). The first-order chi connectivity index (χ1) is 10.1. The number of rotatable bonds is 5. The van der Waals surface area contributed by atoms with E-state index >= 15 is 0 Å². The van der Waals surface area contributed by atoms with Gasteiger partial charge in [-0.05, 0) is 52.7 Å². The molecule has 0 aliphatic rings. The highest BCUT2D eigenvalue weighted by Gasteiger charge is 2.07. The zero-order chi connectivity index (χ0) is 15.2. The third kappa shape index (κ3) is 4.58. The molecule has 2 N–H and O–H groups in total. The van der Waals surface area contributed by atoms with E-state index in [1.807, 2.05) is 31.2 Å². The van der Waals surface area contributed by atoms with E-state index in [2.05, 4.69) is 21.2 Å². The van der Waals surface area contributed by atoms with E-state index in [1.54, 1.807) is 18.2 Å². The van der Waals surface area contributed by atoms with Crippen LogP contribution >= 0.6 is 15.9 Å². The number of anilines is 1. The molecular weight excluding hydrogens is 334 g/mol. The lowest BCUT2D eigenvalue weighted by Crippen LogP contribution is -2.20. The van der Waals surface area contributed by atoms with Gasteiger partial charge in [0.2, 0.25) is 0 Å². The van der Waals surface area contributed by atoms with Crippen LogP contribution in [0.1, 0.15) is 11.1 Å². The van der Waals surface area contributed by atoms with Crippen LogP contribution in [0.2, 0.25) is 0 Å². The Bertz CT molecular complexity index is 626. The quantitative estimate of drug-likeness (QED) is 0.870. The van der Waals surface area contributed by atoms with Crippen LogP contribution in [0.5, 0.6) is 5.75 Å². The lowest BCUT2D eigenvalue weighted by atomic mass is 10.2. The number of carbonyl (C=O) groups excluding carboxylic acids is 1. The second-order valence-electron chi connectivity index (χ2n) is 4.63. The summed E-state index contributed by atoms with van der Waals surface area (Å²) in [5.74, 6) is 0.336. The van der Waals surface area contributed by atoms with Crippen molar-refractivity contribution >= 4 is 27.5 Å². The summed E-state index contributed by atoms with van der Waals surface area (Å²) in [6.45, 7) is 1.88. The molecule has 0 aliphatic heterocycles. The molecule has 2 aromatic carbocycles. The molecule has 0 saturated carbocycles. The van der Waals surface area contributed by atoms with Crippen molar-refractivity contribution in [2.75, 3.05) is 11.9 Å². The molecule has 4 nitrogen and oxygen atoms in total. The highest BCUT2D eigenvalue weighted by molar-refractivity contribution is 9.10. The van der Waals surface area contributed by atoms with Crippen LogP contribution < -0.4 is 10.1 Å². The maximum absolute atomic E-state index is 11.8. The number of aryl methyl sites for hydroxylation is 1. The largest absolute Gasteiger partial charge is 0.483 e. The molecule has 0 heterocycles. The van der Waals surface area contributed by atoms with Gasteiger partial charge in [-0.25, -0.2) is 0 Å². The minimum absolute atomic E-state index is 0.0349. The maximum atomic E-state index is 11.8. The number of halogens is 1. The average molecular weight is 350 g/mol. The first kappa shape index (κ1) is 15.5. The van der Waals surface area contributed by atoms with Crippen molar-refractivity contribution in [3.05, 3.63) is 58.1 Å². The Hall–Kier alpha value is -1.85. The molecular formula is C16H16BrNO3. The van der Waals surface area contributed by atoms with E-state index in [-0.39, 0.29) is 19.1 Å². The molecule has 1 amide bonds. The van der Waals surface area contributed by atoms with Crippen molar-refractivity contribution in [1.29, 1.82) is 0 Å². The molecule has 0 fully saturated rings. The molecule has 0 aromatic heterocycles. The summed E-state index contributed by atoms with van der Waals surface area (Å²) in [6, 6.07) is 12.8. The Morgan fingerprint density at radius 2 is 1.95 bits per heavy atom. The fraction of sp³-hybridized carbons (Fsp3) is 0.188. The molecule has 0 atom stereocenters. The number of nitrogens with one attached hydrogen (secondary N) is 1. The summed E-state index contributed by atoms with van der Waals surface area (Å²) in [6.07, 6.45) is 0. The molecule has 0 unspecified atom stereocenters. The number of aliphatic hydroxyl groups is 1. The average Bonchev–Trinajstić information content (AvgIpc) is 2.48. The molecule has 0 aliphatic carbocycles. The zero-order valence-electron chi connectivity index (χ0n) is 11.6. The molecule has 21 heavy (non-hydrogen) atoms. The lowest BCUT2D eigenvalue weighted by molar-refractivity contribution is -0.118. The van der Waals surface area contributed by atoms with Crippen LogP contribution in [-0.2, 0) is 11.4 Å². The van der Waals surface area contributed by atoms with Gasteiger partial charge in [-0.15, -0.1) is 0 Å². The number of hydrogen-bond acceptors (Lipinski definition) is 3. The highest BCUT2D eigenvalue weighted by Crippen LogP contribution is 2.26. The summed E-state index contributed by atoms with van der Waals surface area (Å²) in [5.41, 5.74) is 2.65. The predicted molar refractivity (Wildman–Crippen MR) is 85.4 cm³/mol. The van der Waals surface area contributed by atoms with Crippen LogP contribution in [0.15, 0.2) is 46.9 Å². The summed E-state index contributed by atoms with van der Waals surface area (Å²) in [7, 11) is 0. The SMILES string of the molecule is Cc1ccc(NC(=O)COc2ccc(CO)cc2Br)cc1. The minimum atomic E-state index is -0.225. The summed E-state index contributed by atoms with van der Waals surface area (Å²) < 4.78 is 6.16. The van der Waals surface area contributed by atoms with Crippen molar-refractivity contribution < 1.29 is 14.6 Å². The Balaban J connectivity index is 1.90. The van der Waals surface area contributed by atoms with E-state index in [1.165, 1.54) is 0 Å². The van der Waals surface area contributed by atoms with Gasteiger partial charge in [-0.3, -0.25) is 4.79 Å². The minimum Gasteiger partial charge on any atom is -0.483 e. The number of hydrogen-bond donors (Lipinski definition) is 2. The van der Waals surface area contributed by atoms with Gasteiger partial charge >= 0.3 is 0 Å². The van der Waals surface area contributed by atoms with Gasteiger partial charge in [0.05, 0.1) is 11.1 Å². The number of aliphatic hydroxyl groups excluding tert-OH is 1. The van der Waals surface area contributed by atoms with Crippen LogP contribution in [0.4, 0.5) is 5.69 Å². The zero-order valence-corrected chi connectivity index (χ0v) is 13.2. The summed E-state index contributed by atoms with van der Waals surface area (Å²) in [5, 5.41) is 11.8. The monoisotopic (exact) mass is 349 g/mol. The number of carbonyl (C=O) groups is 1. The summed E-state index contributed by atoms with van der Waals surface area (Å²) >= 11 is 3.35. The smallest absolute Gasteiger partial charge is 0.262 e. The van der Waals surface area contributed by atoms with Crippen molar-refractivity contribution in [3.8, 4) is 5.75 Å². The van der Waals surface area contributed by atoms with Crippen molar-refractivity contribution in [1.82, 2.24) is 0 Å². The van der Waals surface area contributed by atoms with Gasteiger partial charge in [0.15, 0.2) is 6.61 Å². The molecule has 5 heteroatoms. The molecule has 0 bridgehead atoms. The third-order valence-corrected chi connectivity index (χ3v) is 3.49. The first-order valence-corrected chi connectivity index (χ1v) is 7.26. The summed E-state index contributed by atoms with van der Waals surface area (Å²) in [4.78, 5) is 11.8. The van der Waals surface area contributed by atoms with E-state index in [4.69, 9.17) is 9.84 Å². The Morgan fingerprint density at radius 1 is 1.24 bits per heavy atom. The molecule has 0 spiro atoms. The molecule has 0 saturated heterocycles. The van der Waals surface area contributed by atoms with E-state index in [9.17, 15) is 4.79 Å². The van der Waals surface area contributed by atoms with Crippen LogP contribution in [0.3, 0.4) is 0 Å². The first-order valence-electron chi connectivity index (χ1n) is 6.47. The topological polar surface area (TPSA) is 58.6 Å². The number of benzene rings is 2. The highest BCUT2D eigenvalue weighted by atomic mass is 79.9. The Morgan fingerprint density at radius 3 is 2.57 bits per heavy atom. The number of ether oxygens (including phenoxy) is 1. The fourth-order valence-electron chi connectivity index (χ4n) is 1.74. The van der Waals surface area contributed by atoms with Gasteiger partial charge in [0.25, 0.3) is 5.91 Å². The maximum Gasteiger partial charge on any atom is 0.262 e. The van der Waals surface area contributed by atoms with Gasteiger partial charge in [0.1, 0.15) is 5.75 Å². The van der Waals surface area contributed by atoms with E-state index in [0.29, 0.717) is 10.2 Å². The van der Waals surface area contributed by atoms with E-state index < -0.39 is 0 Å². The second kappa shape index (κ2) is 7.24. The van der Waals surface area contributed by atoms with Gasteiger partial charge in [0, 0.05) is 5.69 Å². The van der Waals surface area contributed by atoms with E-state index in [0.717, 1.165) is 16.8 Å². The number of amides is 1. The van der Waals surface area contributed by atoms with Gasteiger partial charge in [-0.1, -0.05) is 23.8 Å².